The zero-order chi connectivity index (χ0) is 17.1. The number of thiazole rings is 1. The van der Waals surface area contributed by atoms with Gasteiger partial charge in [-0.05, 0) is 72.6 Å². The molecule has 2 aromatic rings. The van der Waals surface area contributed by atoms with Crippen molar-refractivity contribution in [3.8, 4) is 0 Å². The molecule has 1 aromatic carbocycles. The first kappa shape index (κ1) is 18.1. The molecule has 1 N–H and O–H groups in total. The number of amides is 1. The number of nitrogens with one attached hydrogen (secondary N) is 1. The van der Waals surface area contributed by atoms with Crippen LogP contribution in [-0.2, 0) is 6.54 Å². The Morgan fingerprint density at radius 1 is 1.46 bits per heavy atom. The normalized spacial score (nSPS) is 16.3. The molecular formula is C17H19ClIN3OS. The molecule has 1 aliphatic rings. The maximum absolute atomic E-state index is 12.4. The molecule has 0 atom stereocenters. The molecule has 0 bridgehead atoms. The zero-order valence-electron chi connectivity index (χ0n) is 13.4. The second-order valence-corrected chi connectivity index (χ2v) is 8.64. The van der Waals surface area contributed by atoms with Crippen LogP contribution in [0, 0.1) is 9.49 Å². The smallest absolute Gasteiger partial charge is 0.258 e. The molecule has 2 heterocycles. The van der Waals surface area contributed by atoms with Crippen LogP contribution in [0.3, 0.4) is 0 Å². The molecule has 0 unspecified atom stereocenters. The fourth-order valence-electron chi connectivity index (χ4n) is 2.72. The first-order chi connectivity index (χ1) is 11.5. The Morgan fingerprint density at radius 3 is 2.96 bits per heavy atom. The minimum Gasteiger partial charge on any atom is -0.298 e. The monoisotopic (exact) mass is 475 g/mol. The van der Waals surface area contributed by atoms with Crippen LogP contribution in [-0.4, -0.2) is 28.9 Å². The summed E-state index contributed by atoms with van der Waals surface area (Å²) in [5, 5.41) is 6.09. The van der Waals surface area contributed by atoms with Gasteiger partial charge in [0.25, 0.3) is 5.91 Å². The molecule has 7 heteroatoms. The van der Waals surface area contributed by atoms with Gasteiger partial charge in [-0.2, -0.15) is 0 Å². The largest absolute Gasteiger partial charge is 0.298 e. The van der Waals surface area contributed by atoms with E-state index in [4.69, 9.17) is 11.6 Å². The summed E-state index contributed by atoms with van der Waals surface area (Å²) in [6, 6.07) is 5.30. The Balaban J connectivity index is 1.61. The van der Waals surface area contributed by atoms with Crippen molar-refractivity contribution in [1.82, 2.24) is 9.88 Å². The van der Waals surface area contributed by atoms with Gasteiger partial charge >= 0.3 is 0 Å². The van der Waals surface area contributed by atoms with E-state index < -0.39 is 0 Å². The van der Waals surface area contributed by atoms with E-state index in [1.807, 2.05) is 11.4 Å². The van der Waals surface area contributed by atoms with Gasteiger partial charge in [0.1, 0.15) is 0 Å². The minimum atomic E-state index is -0.172. The highest BCUT2D eigenvalue weighted by Crippen LogP contribution is 2.23. The number of hydrogen-bond acceptors (Lipinski definition) is 4. The second kappa shape index (κ2) is 8.12. The lowest BCUT2D eigenvalue weighted by Gasteiger charge is -2.29. The number of piperidine rings is 1. The number of halogens is 2. The lowest BCUT2D eigenvalue weighted by Crippen LogP contribution is -2.32. The molecule has 0 radical (unpaired) electrons. The predicted octanol–water partition coefficient (Wildman–Crippen LogP) is 4.89. The quantitative estimate of drug-likeness (QED) is 0.641. The van der Waals surface area contributed by atoms with Gasteiger partial charge in [0.05, 0.1) is 11.3 Å². The maximum Gasteiger partial charge on any atom is 0.258 e. The number of benzene rings is 1. The molecule has 1 aromatic heterocycles. The van der Waals surface area contributed by atoms with E-state index in [1.54, 1.807) is 12.1 Å². The molecule has 4 nitrogen and oxygen atoms in total. The van der Waals surface area contributed by atoms with Crippen LogP contribution in [0.15, 0.2) is 23.6 Å². The highest BCUT2D eigenvalue weighted by atomic mass is 127. The third-order valence-corrected chi connectivity index (χ3v) is 6.19. The lowest BCUT2D eigenvalue weighted by atomic mass is 9.99. The highest BCUT2D eigenvalue weighted by molar-refractivity contribution is 14.1. The molecule has 0 spiro atoms. The fourth-order valence-corrected chi connectivity index (χ4v) is 4.17. The first-order valence-corrected chi connectivity index (χ1v) is 10.3. The Kier molecular flexibility index (Phi) is 6.12. The van der Waals surface area contributed by atoms with Crippen molar-refractivity contribution in [3.05, 3.63) is 43.4 Å². The maximum atomic E-state index is 12.4. The Morgan fingerprint density at radius 2 is 2.21 bits per heavy atom. The number of rotatable bonds is 4. The van der Waals surface area contributed by atoms with Crippen LogP contribution in [0.4, 0.5) is 5.13 Å². The van der Waals surface area contributed by atoms with Crippen molar-refractivity contribution in [2.45, 2.75) is 26.3 Å². The Bertz CT molecular complexity index is 728. The molecule has 24 heavy (non-hydrogen) atoms. The molecule has 128 valence electrons. The summed E-state index contributed by atoms with van der Waals surface area (Å²) in [4.78, 5) is 19.4. The van der Waals surface area contributed by atoms with Gasteiger partial charge in [0.15, 0.2) is 5.13 Å². The van der Waals surface area contributed by atoms with Crippen molar-refractivity contribution < 1.29 is 4.79 Å². The van der Waals surface area contributed by atoms with E-state index in [0.29, 0.717) is 15.7 Å². The topological polar surface area (TPSA) is 45.2 Å². The van der Waals surface area contributed by atoms with Crippen molar-refractivity contribution in [2.75, 3.05) is 18.4 Å². The molecular weight excluding hydrogens is 457 g/mol. The average molecular weight is 476 g/mol. The van der Waals surface area contributed by atoms with Crippen LogP contribution >= 0.6 is 45.5 Å². The van der Waals surface area contributed by atoms with Crippen molar-refractivity contribution in [2.24, 2.45) is 5.92 Å². The van der Waals surface area contributed by atoms with Gasteiger partial charge < -0.3 is 0 Å². The van der Waals surface area contributed by atoms with Crippen LogP contribution in [0.5, 0.6) is 0 Å². The number of carbonyl (C=O) groups excluding carboxylic acids is 1. The number of likely N-dealkylation sites (tertiary alicyclic amines) is 1. The van der Waals surface area contributed by atoms with Gasteiger partial charge in [-0.25, -0.2) is 4.98 Å². The van der Waals surface area contributed by atoms with Gasteiger partial charge in [-0.3, -0.25) is 15.0 Å². The number of hydrogen-bond donors (Lipinski definition) is 1. The summed E-state index contributed by atoms with van der Waals surface area (Å²) in [5.41, 5.74) is 1.59. The number of carbonyl (C=O) groups is 1. The van der Waals surface area contributed by atoms with E-state index in [1.165, 1.54) is 24.2 Å². The summed E-state index contributed by atoms with van der Waals surface area (Å²) >= 11 is 9.59. The van der Waals surface area contributed by atoms with E-state index in [0.717, 1.165) is 34.8 Å². The number of aromatic nitrogens is 1. The molecule has 1 fully saturated rings. The highest BCUT2D eigenvalue weighted by Gasteiger charge is 2.17. The van der Waals surface area contributed by atoms with Crippen LogP contribution < -0.4 is 5.32 Å². The average Bonchev–Trinajstić information content (AvgIpc) is 2.99. The molecule has 0 saturated carbocycles. The zero-order valence-corrected chi connectivity index (χ0v) is 17.1. The number of nitrogens with zero attached hydrogens (tertiary/aromatic N) is 2. The SMILES string of the molecule is CC1CCN(Cc2csc(NC(=O)c3cc(Cl)ccc3I)n2)CC1. The third kappa shape index (κ3) is 4.68. The minimum absolute atomic E-state index is 0.172. The molecule has 1 amide bonds. The molecule has 1 aliphatic heterocycles. The summed E-state index contributed by atoms with van der Waals surface area (Å²) in [6.45, 7) is 5.42. The first-order valence-electron chi connectivity index (χ1n) is 7.94. The van der Waals surface area contributed by atoms with E-state index in [9.17, 15) is 4.79 Å². The van der Waals surface area contributed by atoms with Gasteiger partial charge in [-0.1, -0.05) is 18.5 Å². The fraction of sp³-hybridized carbons (Fsp3) is 0.412. The van der Waals surface area contributed by atoms with E-state index in [2.05, 4.69) is 44.7 Å². The molecule has 3 rings (SSSR count). The van der Waals surface area contributed by atoms with Crippen molar-refractivity contribution in [3.63, 3.8) is 0 Å². The summed E-state index contributed by atoms with van der Waals surface area (Å²) in [7, 11) is 0. The third-order valence-electron chi connectivity index (χ3n) is 4.21. The Hall–Kier alpha value is -0.700. The summed E-state index contributed by atoms with van der Waals surface area (Å²) in [6.07, 6.45) is 2.50. The van der Waals surface area contributed by atoms with Crippen LogP contribution in [0.2, 0.25) is 5.02 Å². The van der Waals surface area contributed by atoms with Crippen molar-refractivity contribution >= 4 is 56.6 Å². The summed E-state index contributed by atoms with van der Waals surface area (Å²) in [5.74, 6) is 0.654. The summed E-state index contributed by atoms with van der Waals surface area (Å²) < 4.78 is 0.869. The van der Waals surface area contributed by atoms with E-state index >= 15 is 0 Å². The number of anilines is 1. The van der Waals surface area contributed by atoms with Gasteiger partial charge in [-0.15, -0.1) is 11.3 Å². The molecule has 0 aliphatic carbocycles. The van der Waals surface area contributed by atoms with Gasteiger partial charge in [0.2, 0.25) is 0 Å². The van der Waals surface area contributed by atoms with Gasteiger partial charge in [0, 0.05) is 20.5 Å². The lowest BCUT2D eigenvalue weighted by molar-refractivity contribution is 0.102. The Labute approximate surface area is 164 Å². The van der Waals surface area contributed by atoms with Crippen molar-refractivity contribution in [1.29, 1.82) is 0 Å². The van der Waals surface area contributed by atoms with E-state index in [-0.39, 0.29) is 5.91 Å². The second-order valence-electron chi connectivity index (χ2n) is 6.18. The predicted molar refractivity (Wildman–Crippen MR) is 108 cm³/mol. The van der Waals surface area contributed by atoms with Crippen LogP contribution in [0.25, 0.3) is 0 Å². The standard InChI is InChI=1S/C17H19ClIN3OS/c1-11-4-6-22(7-5-11)9-13-10-24-17(20-13)21-16(23)14-8-12(18)2-3-15(14)19/h2-3,8,10-11H,4-7,9H2,1H3,(H,20,21,23). The van der Waals surface area contributed by atoms with Crippen LogP contribution in [0.1, 0.15) is 35.8 Å². The molecule has 1 saturated heterocycles.